The lowest BCUT2D eigenvalue weighted by molar-refractivity contribution is -0.161. The molecule has 0 amide bonds. The summed E-state index contributed by atoms with van der Waals surface area (Å²) in [4.78, 5) is 72.8. The summed E-state index contributed by atoms with van der Waals surface area (Å²) >= 11 is 0. The number of esters is 4. The number of phosphoric ester groups is 2. The Bertz CT molecular complexity index is 1950. The van der Waals surface area contributed by atoms with Crippen molar-refractivity contribution in [2.24, 2.45) is 5.92 Å². The molecule has 0 aliphatic carbocycles. The van der Waals surface area contributed by atoms with Crippen molar-refractivity contribution >= 4 is 39.5 Å². The van der Waals surface area contributed by atoms with Gasteiger partial charge in [0, 0.05) is 25.7 Å². The average Bonchev–Trinajstić information content (AvgIpc) is 3.02. The van der Waals surface area contributed by atoms with Crippen molar-refractivity contribution in [3.63, 3.8) is 0 Å². The Balaban J connectivity index is 5.25. The first kappa shape index (κ1) is 94.5. The van der Waals surface area contributed by atoms with E-state index in [1.165, 1.54) is 193 Å². The Hall–Kier alpha value is -2.46. The van der Waals surface area contributed by atoms with Gasteiger partial charge in [0.05, 0.1) is 26.4 Å². The Morgan fingerprint density at radius 1 is 0.320 bits per heavy atom. The van der Waals surface area contributed by atoms with E-state index in [0.29, 0.717) is 25.7 Å². The molecule has 2 unspecified atom stereocenters. The minimum Gasteiger partial charge on any atom is -0.462 e. The summed E-state index contributed by atoms with van der Waals surface area (Å²) in [5.74, 6) is -1.33. The second-order valence-corrected chi connectivity index (χ2v) is 30.8. The van der Waals surface area contributed by atoms with Crippen molar-refractivity contribution in [3.8, 4) is 0 Å². The molecule has 0 aliphatic heterocycles. The molecular weight excluding hydrogens is 1270 g/mol. The largest absolute Gasteiger partial charge is 0.472 e. The van der Waals surface area contributed by atoms with Gasteiger partial charge < -0.3 is 33.8 Å². The van der Waals surface area contributed by atoms with Crippen LogP contribution in [0.25, 0.3) is 0 Å². The van der Waals surface area contributed by atoms with Crippen LogP contribution < -0.4 is 0 Å². The molecule has 17 nitrogen and oxygen atoms in total. The monoisotopic (exact) mass is 1420 g/mol. The van der Waals surface area contributed by atoms with Gasteiger partial charge in [-0.05, 0) is 57.3 Å². The molecule has 5 atom stereocenters. The van der Waals surface area contributed by atoms with E-state index >= 15 is 0 Å². The van der Waals surface area contributed by atoms with E-state index < -0.39 is 97.5 Å². The number of carbonyl (C=O) groups is 4. The van der Waals surface area contributed by atoms with Crippen LogP contribution >= 0.6 is 15.6 Å². The molecule has 0 spiro atoms. The summed E-state index contributed by atoms with van der Waals surface area (Å²) < 4.78 is 68.5. The predicted molar refractivity (Wildman–Crippen MR) is 395 cm³/mol. The third-order valence-electron chi connectivity index (χ3n) is 17.7. The van der Waals surface area contributed by atoms with Crippen LogP contribution in [-0.2, 0) is 65.4 Å². The smallest absolute Gasteiger partial charge is 0.462 e. The van der Waals surface area contributed by atoms with Crippen LogP contribution in [0.15, 0.2) is 24.3 Å². The number of unbranched alkanes of at least 4 members (excludes halogenated alkanes) is 45. The SMILES string of the molecule is CCCCCC/C=C\C=C/CCCCCCCC(=O)OC[C@H](COP(=O)(O)OC[C@@H](O)COP(=O)(O)OC[C@@H](COC(=O)CCCCCCCCCCC)OC(=O)CCCCCCCCCCCCCCCC)OC(=O)CCCCCCCCCCCCCCCCCCC(C)C. The van der Waals surface area contributed by atoms with Crippen LogP contribution in [0.2, 0.25) is 0 Å². The van der Waals surface area contributed by atoms with E-state index in [0.717, 1.165) is 115 Å². The maximum atomic E-state index is 13.1. The Kier molecular flexibility index (Phi) is 68.8. The van der Waals surface area contributed by atoms with E-state index in [2.05, 4.69) is 58.9 Å². The molecule has 0 saturated heterocycles. The van der Waals surface area contributed by atoms with Gasteiger partial charge in [-0.1, -0.05) is 335 Å². The van der Waals surface area contributed by atoms with Crippen molar-refractivity contribution in [1.82, 2.24) is 0 Å². The number of aliphatic hydroxyl groups is 1. The summed E-state index contributed by atoms with van der Waals surface area (Å²) in [6.07, 6.45) is 63.2. The van der Waals surface area contributed by atoms with Gasteiger partial charge in [-0.3, -0.25) is 37.3 Å². The lowest BCUT2D eigenvalue weighted by Crippen LogP contribution is -2.30. The minimum absolute atomic E-state index is 0.101. The van der Waals surface area contributed by atoms with E-state index in [1.54, 1.807) is 0 Å². The zero-order chi connectivity index (χ0) is 71.2. The normalized spacial score (nSPS) is 14.1. The standard InChI is InChI=1S/C78H148O17P2/c1-6-9-12-15-18-21-23-25-29-34-37-42-47-52-57-62-76(81)89-68-74(95-78(83)64-59-54-49-44-39-35-31-28-27-30-32-36-41-45-50-55-60-71(4)5)70-93-97(86,87)91-66-72(79)65-90-96(84,85)92-69-73(67-88-75(80)61-56-51-46-40-20-17-14-11-8-3)94-77(82)63-58-53-48-43-38-33-26-24-22-19-16-13-10-7-2/h21,23,25,29,71-74,79H,6-20,22,24,26-28,30-70H2,1-5H3,(H,84,85)(H,86,87)/b23-21-,29-25-/t72-,73+,74+/m0/s1. The highest BCUT2D eigenvalue weighted by Crippen LogP contribution is 2.45. The number of ether oxygens (including phenoxy) is 4. The fourth-order valence-corrected chi connectivity index (χ4v) is 13.1. The first-order valence-corrected chi connectivity index (χ1v) is 42.9. The number of carbonyl (C=O) groups excluding carboxylic acids is 4. The van der Waals surface area contributed by atoms with Crippen LogP contribution in [0.4, 0.5) is 0 Å². The summed E-state index contributed by atoms with van der Waals surface area (Å²) in [6.45, 7) is 7.26. The lowest BCUT2D eigenvalue weighted by atomic mass is 10.0. The molecule has 0 aromatic heterocycles. The summed E-state index contributed by atoms with van der Waals surface area (Å²) in [5.41, 5.74) is 0. The number of rotatable bonds is 76. The number of hydrogen-bond acceptors (Lipinski definition) is 15. The van der Waals surface area contributed by atoms with Crippen molar-refractivity contribution in [3.05, 3.63) is 24.3 Å². The molecule has 572 valence electrons. The predicted octanol–water partition coefficient (Wildman–Crippen LogP) is 22.8. The van der Waals surface area contributed by atoms with E-state index in [4.69, 9.17) is 37.0 Å². The van der Waals surface area contributed by atoms with Gasteiger partial charge >= 0.3 is 39.5 Å². The summed E-state index contributed by atoms with van der Waals surface area (Å²) in [5, 5.41) is 10.6. The average molecular weight is 1420 g/mol. The van der Waals surface area contributed by atoms with E-state index in [-0.39, 0.29) is 25.7 Å². The topological polar surface area (TPSA) is 237 Å². The third-order valence-corrected chi connectivity index (χ3v) is 19.6. The minimum atomic E-state index is -4.97. The molecule has 97 heavy (non-hydrogen) atoms. The first-order chi connectivity index (χ1) is 47.0. The van der Waals surface area contributed by atoms with Crippen molar-refractivity contribution in [1.29, 1.82) is 0 Å². The fraction of sp³-hybridized carbons (Fsp3) is 0.897. The van der Waals surface area contributed by atoms with Gasteiger partial charge in [-0.2, -0.15) is 0 Å². The zero-order valence-corrected chi connectivity index (χ0v) is 64.5. The van der Waals surface area contributed by atoms with Crippen LogP contribution in [0.3, 0.4) is 0 Å². The first-order valence-electron chi connectivity index (χ1n) is 40.0. The fourth-order valence-electron chi connectivity index (χ4n) is 11.5. The molecule has 0 aromatic rings. The van der Waals surface area contributed by atoms with Crippen LogP contribution in [0, 0.1) is 5.92 Å². The highest BCUT2D eigenvalue weighted by molar-refractivity contribution is 7.47. The quantitative estimate of drug-likeness (QED) is 0.0169. The number of aliphatic hydroxyl groups excluding tert-OH is 1. The molecule has 0 heterocycles. The van der Waals surface area contributed by atoms with Gasteiger partial charge in [0.25, 0.3) is 0 Å². The van der Waals surface area contributed by atoms with Crippen molar-refractivity contribution in [2.45, 2.75) is 406 Å². The second-order valence-electron chi connectivity index (χ2n) is 27.9. The van der Waals surface area contributed by atoms with Crippen molar-refractivity contribution < 1.29 is 80.2 Å². The Labute approximate surface area is 592 Å². The number of hydrogen-bond donors (Lipinski definition) is 3. The van der Waals surface area contributed by atoms with Gasteiger partial charge in [-0.15, -0.1) is 0 Å². The molecule has 0 bridgehead atoms. The number of phosphoric acid groups is 2. The van der Waals surface area contributed by atoms with Crippen LogP contribution in [0.1, 0.15) is 388 Å². The van der Waals surface area contributed by atoms with E-state index in [1.807, 2.05) is 0 Å². The Morgan fingerprint density at radius 2 is 0.557 bits per heavy atom. The summed E-state index contributed by atoms with van der Waals surface area (Å²) in [7, 11) is -9.92. The molecule has 0 aromatic carbocycles. The third kappa shape index (κ3) is 71.7. The van der Waals surface area contributed by atoms with Gasteiger partial charge in [0.1, 0.15) is 19.3 Å². The van der Waals surface area contributed by atoms with Crippen LogP contribution in [0.5, 0.6) is 0 Å². The highest BCUT2D eigenvalue weighted by atomic mass is 31.2. The van der Waals surface area contributed by atoms with Crippen molar-refractivity contribution in [2.75, 3.05) is 39.6 Å². The molecule has 0 radical (unpaired) electrons. The van der Waals surface area contributed by atoms with Gasteiger partial charge in [0.2, 0.25) is 0 Å². The highest BCUT2D eigenvalue weighted by Gasteiger charge is 2.30. The molecule has 0 saturated carbocycles. The molecule has 3 N–H and O–H groups in total. The molecular formula is C78H148O17P2. The van der Waals surface area contributed by atoms with Gasteiger partial charge in [-0.25, -0.2) is 9.13 Å². The molecule has 0 fully saturated rings. The Morgan fingerprint density at radius 3 is 0.845 bits per heavy atom. The van der Waals surface area contributed by atoms with E-state index in [9.17, 15) is 43.2 Å². The lowest BCUT2D eigenvalue weighted by Gasteiger charge is -2.21. The number of allylic oxidation sites excluding steroid dienone is 4. The van der Waals surface area contributed by atoms with Gasteiger partial charge in [0.15, 0.2) is 12.2 Å². The summed E-state index contributed by atoms with van der Waals surface area (Å²) in [6, 6.07) is 0. The molecule has 0 rings (SSSR count). The zero-order valence-electron chi connectivity index (χ0n) is 62.7. The maximum Gasteiger partial charge on any atom is 0.472 e. The second kappa shape index (κ2) is 70.6. The maximum absolute atomic E-state index is 13.1. The molecule has 19 heteroatoms. The van der Waals surface area contributed by atoms with Crippen LogP contribution in [-0.4, -0.2) is 96.7 Å². The molecule has 0 aliphatic rings.